The summed E-state index contributed by atoms with van der Waals surface area (Å²) in [5, 5.41) is 11.3. The van der Waals surface area contributed by atoms with Gasteiger partial charge in [0.15, 0.2) is 10.7 Å². The highest BCUT2D eigenvalue weighted by Gasteiger charge is 2.15. The Labute approximate surface area is 73.8 Å². The van der Waals surface area contributed by atoms with Crippen molar-refractivity contribution < 1.29 is 8.42 Å². The second-order valence-electron chi connectivity index (χ2n) is 2.47. The Morgan fingerprint density at radius 1 is 1.46 bits per heavy atom. The summed E-state index contributed by atoms with van der Waals surface area (Å²) in [5.74, 6) is 0. The fraction of sp³-hybridized carbons (Fsp3) is 0. The lowest BCUT2D eigenvalue weighted by atomic mass is 10.4. The zero-order valence-electron chi connectivity index (χ0n) is 6.43. The maximum atomic E-state index is 11.0. The Morgan fingerprint density at radius 3 is 2.92 bits per heavy atom. The van der Waals surface area contributed by atoms with Crippen LogP contribution < -0.4 is 5.14 Å². The Balaban J connectivity index is 2.87. The van der Waals surface area contributed by atoms with Gasteiger partial charge in [-0.3, -0.25) is 5.10 Å². The van der Waals surface area contributed by atoms with E-state index >= 15 is 0 Å². The van der Waals surface area contributed by atoms with Gasteiger partial charge in [-0.05, 0) is 12.1 Å². The van der Waals surface area contributed by atoms with Crippen molar-refractivity contribution in [2.75, 3.05) is 0 Å². The predicted octanol–water partition coefficient (Wildman–Crippen LogP) is -0.395. The molecule has 0 aromatic carbocycles. The molecule has 0 aliphatic rings. The minimum atomic E-state index is -3.74. The minimum Gasteiger partial charge on any atom is -0.263 e. The number of primary sulfonamides is 1. The first-order valence-corrected chi connectivity index (χ1v) is 4.95. The number of sulfonamides is 1. The van der Waals surface area contributed by atoms with Crippen molar-refractivity contribution in [3.63, 3.8) is 0 Å². The number of aromatic amines is 1. The summed E-state index contributed by atoms with van der Waals surface area (Å²) < 4.78 is 22.0. The fourth-order valence-electron chi connectivity index (χ4n) is 1.04. The van der Waals surface area contributed by atoms with Crippen LogP contribution in [0.4, 0.5) is 0 Å². The van der Waals surface area contributed by atoms with Gasteiger partial charge in [0.05, 0.1) is 5.39 Å². The SMILES string of the molecule is NS(=O)(=O)c1[nH]nc2ncccc12. The topological polar surface area (TPSA) is 102 Å². The van der Waals surface area contributed by atoms with Crippen LogP contribution in [0.25, 0.3) is 11.0 Å². The summed E-state index contributed by atoms with van der Waals surface area (Å²) in [5.41, 5.74) is 0.339. The molecule has 0 unspecified atom stereocenters. The van der Waals surface area contributed by atoms with Crippen molar-refractivity contribution in [2.45, 2.75) is 5.03 Å². The van der Waals surface area contributed by atoms with Crippen LogP contribution in [0.1, 0.15) is 0 Å². The molecule has 2 aromatic rings. The van der Waals surface area contributed by atoms with Gasteiger partial charge in [-0.2, -0.15) is 5.10 Å². The fourth-order valence-corrected chi connectivity index (χ4v) is 1.68. The molecule has 2 heterocycles. The van der Waals surface area contributed by atoms with Gasteiger partial charge >= 0.3 is 0 Å². The summed E-state index contributed by atoms with van der Waals surface area (Å²) in [6.07, 6.45) is 1.52. The normalized spacial score (nSPS) is 12.1. The van der Waals surface area contributed by atoms with E-state index in [4.69, 9.17) is 5.14 Å². The molecule has 0 saturated carbocycles. The molecule has 3 N–H and O–H groups in total. The van der Waals surface area contributed by atoms with E-state index in [-0.39, 0.29) is 5.03 Å². The number of hydrogen-bond donors (Lipinski definition) is 2. The van der Waals surface area contributed by atoms with E-state index in [0.29, 0.717) is 11.0 Å². The molecular formula is C6H6N4O2S. The molecule has 0 radical (unpaired) electrons. The molecule has 0 atom stereocenters. The molecule has 0 saturated heterocycles. The molecule has 68 valence electrons. The molecule has 6 nitrogen and oxygen atoms in total. The van der Waals surface area contributed by atoms with E-state index < -0.39 is 10.0 Å². The van der Waals surface area contributed by atoms with Gasteiger partial charge in [-0.1, -0.05) is 0 Å². The quantitative estimate of drug-likeness (QED) is 0.651. The van der Waals surface area contributed by atoms with Crippen LogP contribution in [-0.2, 0) is 10.0 Å². The lowest BCUT2D eigenvalue weighted by Gasteiger charge is -1.91. The molecule has 2 rings (SSSR count). The summed E-state index contributed by atoms with van der Waals surface area (Å²) >= 11 is 0. The number of nitrogens with two attached hydrogens (primary N) is 1. The number of aromatic nitrogens is 3. The van der Waals surface area contributed by atoms with Gasteiger partial charge in [-0.25, -0.2) is 18.5 Å². The maximum absolute atomic E-state index is 11.0. The molecule has 0 aliphatic heterocycles. The molecule has 0 bridgehead atoms. The number of rotatable bonds is 1. The van der Waals surface area contributed by atoms with Crippen molar-refractivity contribution in [3.05, 3.63) is 18.3 Å². The highest BCUT2D eigenvalue weighted by atomic mass is 32.2. The minimum absolute atomic E-state index is 0.101. The van der Waals surface area contributed by atoms with E-state index in [9.17, 15) is 8.42 Å². The van der Waals surface area contributed by atoms with Crippen molar-refractivity contribution in [3.8, 4) is 0 Å². The lowest BCUT2D eigenvalue weighted by Crippen LogP contribution is -2.12. The number of nitrogens with zero attached hydrogens (tertiary/aromatic N) is 2. The third-order valence-corrected chi connectivity index (χ3v) is 2.46. The zero-order chi connectivity index (χ0) is 9.47. The van der Waals surface area contributed by atoms with Gasteiger partial charge < -0.3 is 0 Å². The average Bonchev–Trinajstić information content (AvgIpc) is 2.45. The van der Waals surface area contributed by atoms with E-state index in [2.05, 4.69) is 15.2 Å². The van der Waals surface area contributed by atoms with E-state index in [1.54, 1.807) is 12.1 Å². The van der Waals surface area contributed by atoms with Crippen LogP contribution >= 0.6 is 0 Å². The monoisotopic (exact) mass is 198 g/mol. The van der Waals surface area contributed by atoms with Crippen LogP contribution in [0.2, 0.25) is 0 Å². The molecular weight excluding hydrogens is 192 g/mol. The van der Waals surface area contributed by atoms with Gasteiger partial charge in [0, 0.05) is 6.20 Å². The molecule has 0 fully saturated rings. The third kappa shape index (κ3) is 1.27. The number of hydrogen-bond acceptors (Lipinski definition) is 4. The van der Waals surface area contributed by atoms with Crippen LogP contribution in [0, 0.1) is 0 Å². The molecule has 0 aliphatic carbocycles. The largest absolute Gasteiger partial charge is 0.263 e. The van der Waals surface area contributed by atoms with Crippen LogP contribution in [0.15, 0.2) is 23.4 Å². The lowest BCUT2D eigenvalue weighted by molar-refractivity contribution is 0.594. The first kappa shape index (κ1) is 8.14. The van der Waals surface area contributed by atoms with Gasteiger partial charge in [-0.15, -0.1) is 0 Å². The summed E-state index contributed by atoms with van der Waals surface area (Å²) in [6.45, 7) is 0. The smallest absolute Gasteiger partial charge is 0.255 e. The Hall–Kier alpha value is -1.47. The summed E-state index contributed by atoms with van der Waals surface area (Å²) in [7, 11) is -3.74. The maximum Gasteiger partial charge on any atom is 0.255 e. The zero-order valence-corrected chi connectivity index (χ0v) is 7.25. The van der Waals surface area contributed by atoms with Crippen LogP contribution in [0.3, 0.4) is 0 Å². The van der Waals surface area contributed by atoms with Crippen molar-refractivity contribution >= 4 is 21.1 Å². The average molecular weight is 198 g/mol. The highest BCUT2D eigenvalue weighted by molar-refractivity contribution is 7.89. The highest BCUT2D eigenvalue weighted by Crippen LogP contribution is 2.15. The van der Waals surface area contributed by atoms with Crippen molar-refractivity contribution in [2.24, 2.45) is 5.14 Å². The van der Waals surface area contributed by atoms with Gasteiger partial charge in [0.1, 0.15) is 0 Å². The number of nitrogens with one attached hydrogen (secondary N) is 1. The molecule has 0 spiro atoms. The summed E-state index contributed by atoms with van der Waals surface area (Å²) in [6, 6.07) is 3.21. The van der Waals surface area contributed by atoms with E-state index in [1.165, 1.54) is 6.20 Å². The van der Waals surface area contributed by atoms with Crippen molar-refractivity contribution in [1.82, 2.24) is 15.2 Å². The first-order chi connectivity index (χ1) is 6.09. The standard InChI is InChI=1S/C6H6N4O2S/c7-13(11,12)6-4-2-1-3-8-5(4)9-10-6/h1-3H,(H2,7,11,12)(H,8,9,10). The first-order valence-electron chi connectivity index (χ1n) is 3.41. The second-order valence-corrected chi connectivity index (χ2v) is 3.97. The Morgan fingerprint density at radius 2 is 2.23 bits per heavy atom. The third-order valence-electron chi connectivity index (χ3n) is 1.58. The summed E-state index contributed by atoms with van der Waals surface area (Å²) in [4.78, 5) is 3.85. The van der Waals surface area contributed by atoms with Crippen LogP contribution in [0.5, 0.6) is 0 Å². The molecule has 2 aromatic heterocycles. The Kier molecular flexibility index (Phi) is 1.57. The Bertz CT molecular complexity index is 545. The number of pyridine rings is 1. The van der Waals surface area contributed by atoms with Gasteiger partial charge in [0.25, 0.3) is 10.0 Å². The van der Waals surface area contributed by atoms with E-state index in [1.807, 2.05) is 0 Å². The molecule has 7 heteroatoms. The van der Waals surface area contributed by atoms with Crippen LogP contribution in [-0.4, -0.2) is 23.6 Å². The van der Waals surface area contributed by atoms with Crippen molar-refractivity contribution in [1.29, 1.82) is 0 Å². The van der Waals surface area contributed by atoms with E-state index in [0.717, 1.165) is 0 Å². The predicted molar refractivity (Wildman–Crippen MR) is 45.3 cm³/mol. The molecule has 13 heavy (non-hydrogen) atoms. The number of H-pyrrole nitrogens is 1. The second kappa shape index (κ2) is 2.51. The van der Waals surface area contributed by atoms with Gasteiger partial charge in [0.2, 0.25) is 0 Å². The molecule has 0 amide bonds. The number of fused-ring (bicyclic) bond motifs is 1.